The smallest absolute Gasteiger partial charge is 0.339 e. The van der Waals surface area contributed by atoms with Crippen LogP contribution in [0.15, 0.2) is 51.7 Å². The third kappa shape index (κ3) is 3.90. The number of benzene rings is 2. The summed E-state index contributed by atoms with van der Waals surface area (Å²) < 4.78 is 11.5. The molecule has 0 saturated heterocycles. The number of rotatable bonds is 5. The Kier molecular flexibility index (Phi) is 5.61. The summed E-state index contributed by atoms with van der Waals surface area (Å²) in [5.74, 6) is 0.493. The van der Waals surface area contributed by atoms with Gasteiger partial charge in [-0.25, -0.2) is 4.79 Å². The molecule has 0 aliphatic heterocycles. The van der Waals surface area contributed by atoms with Crippen molar-refractivity contribution in [2.45, 2.75) is 19.8 Å². The zero-order chi connectivity index (χ0) is 18.7. The molecular weight excluding hydrogens is 445 g/mol. The molecule has 0 spiro atoms. The number of ether oxygens (including phenoxy) is 1. The SMILES string of the molecule is COc1ccc2c(C)c(CCC(=O)Nc3ccccc3I)c(=O)oc2c1. The lowest BCUT2D eigenvalue weighted by molar-refractivity contribution is -0.116. The Bertz CT molecular complexity index is 1030. The van der Waals surface area contributed by atoms with E-state index >= 15 is 0 Å². The third-order valence-electron chi connectivity index (χ3n) is 4.24. The maximum Gasteiger partial charge on any atom is 0.339 e. The van der Waals surface area contributed by atoms with Gasteiger partial charge >= 0.3 is 5.63 Å². The summed E-state index contributed by atoms with van der Waals surface area (Å²) in [5, 5.41) is 3.72. The normalized spacial score (nSPS) is 10.7. The van der Waals surface area contributed by atoms with E-state index in [4.69, 9.17) is 9.15 Å². The Morgan fingerprint density at radius 2 is 2.00 bits per heavy atom. The number of carbonyl (C=O) groups is 1. The number of para-hydroxylation sites is 1. The number of amides is 1. The van der Waals surface area contributed by atoms with Gasteiger partial charge in [0.05, 0.1) is 12.8 Å². The Balaban J connectivity index is 1.79. The molecule has 0 atom stereocenters. The van der Waals surface area contributed by atoms with Gasteiger partial charge in [-0.2, -0.15) is 0 Å². The van der Waals surface area contributed by atoms with Gasteiger partial charge in [-0.1, -0.05) is 12.1 Å². The summed E-state index contributed by atoms with van der Waals surface area (Å²) in [4.78, 5) is 24.6. The largest absolute Gasteiger partial charge is 0.497 e. The molecule has 3 aromatic rings. The maximum absolute atomic E-state index is 12.3. The Labute approximate surface area is 164 Å². The number of carbonyl (C=O) groups excluding carboxylic acids is 1. The Morgan fingerprint density at radius 3 is 2.73 bits per heavy atom. The van der Waals surface area contributed by atoms with Crippen LogP contribution in [0.25, 0.3) is 11.0 Å². The first-order valence-corrected chi connectivity index (χ1v) is 9.22. The van der Waals surface area contributed by atoms with Crippen molar-refractivity contribution in [3.8, 4) is 5.75 Å². The summed E-state index contributed by atoms with van der Waals surface area (Å²) in [6, 6.07) is 12.9. The van der Waals surface area contributed by atoms with E-state index in [-0.39, 0.29) is 12.3 Å². The minimum atomic E-state index is -0.412. The molecule has 0 unspecified atom stereocenters. The number of methoxy groups -OCH3 is 1. The van der Waals surface area contributed by atoms with E-state index in [9.17, 15) is 9.59 Å². The van der Waals surface area contributed by atoms with E-state index in [1.165, 1.54) is 0 Å². The number of aryl methyl sites for hydroxylation is 1. The van der Waals surface area contributed by atoms with Gasteiger partial charge in [0.25, 0.3) is 0 Å². The number of halogens is 1. The predicted octanol–water partition coefficient (Wildman–Crippen LogP) is 4.29. The molecule has 1 aromatic heterocycles. The lowest BCUT2D eigenvalue weighted by atomic mass is 10.0. The lowest BCUT2D eigenvalue weighted by Gasteiger charge is -2.10. The predicted molar refractivity (Wildman–Crippen MR) is 110 cm³/mol. The lowest BCUT2D eigenvalue weighted by Crippen LogP contribution is -2.17. The van der Waals surface area contributed by atoms with Crippen LogP contribution in [0, 0.1) is 10.5 Å². The number of nitrogens with one attached hydrogen (secondary N) is 1. The number of hydrogen-bond acceptors (Lipinski definition) is 4. The zero-order valence-electron chi connectivity index (χ0n) is 14.5. The van der Waals surface area contributed by atoms with Crippen molar-refractivity contribution in [2.24, 2.45) is 0 Å². The zero-order valence-corrected chi connectivity index (χ0v) is 16.6. The van der Waals surface area contributed by atoms with Crippen LogP contribution in [0.5, 0.6) is 5.75 Å². The average molecular weight is 463 g/mol. The monoisotopic (exact) mass is 463 g/mol. The molecule has 0 radical (unpaired) electrons. The van der Waals surface area contributed by atoms with Gasteiger partial charge in [0.15, 0.2) is 0 Å². The molecule has 26 heavy (non-hydrogen) atoms. The fourth-order valence-electron chi connectivity index (χ4n) is 2.80. The molecule has 1 amide bonds. The molecule has 0 fully saturated rings. The van der Waals surface area contributed by atoms with Gasteiger partial charge in [-0.15, -0.1) is 0 Å². The molecule has 1 heterocycles. The average Bonchev–Trinajstić information content (AvgIpc) is 2.63. The summed E-state index contributed by atoms with van der Waals surface area (Å²) in [5.41, 5.74) is 2.21. The van der Waals surface area contributed by atoms with E-state index in [2.05, 4.69) is 27.9 Å². The van der Waals surface area contributed by atoms with Crippen molar-refractivity contribution in [1.82, 2.24) is 0 Å². The van der Waals surface area contributed by atoms with E-state index in [1.54, 1.807) is 13.2 Å². The first kappa shape index (κ1) is 18.4. The minimum absolute atomic E-state index is 0.136. The molecule has 6 heteroatoms. The Morgan fingerprint density at radius 1 is 1.23 bits per heavy atom. The van der Waals surface area contributed by atoms with Gasteiger partial charge in [-0.05, 0) is 65.8 Å². The molecule has 2 aromatic carbocycles. The van der Waals surface area contributed by atoms with Crippen LogP contribution in [0.1, 0.15) is 17.5 Å². The first-order chi connectivity index (χ1) is 12.5. The van der Waals surface area contributed by atoms with Gasteiger partial charge in [0.2, 0.25) is 5.91 Å². The standard InChI is InChI=1S/C20H18INO4/c1-12-14-8-7-13(25-2)11-18(14)26-20(24)15(12)9-10-19(23)22-17-6-4-3-5-16(17)21/h3-8,11H,9-10H2,1-2H3,(H,22,23). The van der Waals surface area contributed by atoms with Crippen LogP contribution >= 0.6 is 22.6 Å². The van der Waals surface area contributed by atoms with Crippen LogP contribution in [0.3, 0.4) is 0 Å². The molecule has 0 aliphatic carbocycles. The topological polar surface area (TPSA) is 68.5 Å². The first-order valence-electron chi connectivity index (χ1n) is 8.14. The highest BCUT2D eigenvalue weighted by atomic mass is 127. The highest BCUT2D eigenvalue weighted by molar-refractivity contribution is 14.1. The summed E-state index contributed by atoms with van der Waals surface area (Å²) in [6.45, 7) is 1.87. The third-order valence-corrected chi connectivity index (χ3v) is 5.19. The second kappa shape index (κ2) is 7.90. The summed E-state index contributed by atoms with van der Waals surface area (Å²) >= 11 is 2.17. The van der Waals surface area contributed by atoms with E-state index in [0.717, 1.165) is 20.2 Å². The molecular formula is C20H18INO4. The van der Waals surface area contributed by atoms with Gasteiger partial charge in [0.1, 0.15) is 11.3 Å². The number of hydrogen-bond donors (Lipinski definition) is 1. The quantitative estimate of drug-likeness (QED) is 0.453. The number of anilines is 1. The van der Waals surface area contributed by atoms with E-state index in [0.29, 0.717) is 23.3 Å². The Hall–Kier alpha value is -2.35. The molecule has 134 valence electrons. The fourth-order valence-corrected chi connectivity index (χ4v) is 3.33. The molecule has 3 rings (SSSR count). The van der Waals surface area contributed by atoms with Gasteiger partial charge < -0.3 is 14.5 Å². The highest BCUT2D eigenvalue weighted by Crippen LogP contribution is 2.24. The summed E-state index contributed by atoms with van der Waals surface area (Å²) in [6.07, 6.45) is 0.531. The van der Waals surface area contributed by atoms with Crippen molar-refractivity contribution >= 4 is 45.2 Å². The molecule has 1 N–H and O–H groups in total. The fraction of sp³-hybridized carbons (Fsp3) is 0.200. The van der Waals surface area contributed by atoms with Crippen LogP contribution in [-0.2, 0) is 11.2 Å². The molecule has 0 aliphatic rings. The van der Waals surface area contributed by atoms with Crippen molar-refractivity contribution in [2.75, 3.05) is 12.4 Å². The maximum atomic E-state index is 12.3. The van der Waals surface area contributed by atoms with Gasteiger partial charge in [0, 0.05) is 27.0 Å². The number of fused-ring (bicyclic) bond motifs is 1. The van der Waals surface area contributed by atoms with Crippen molar-refractivity contribution in [1.29, 1.82) is 0 Å². The second-order valence-electron chi connectivity index (χ2n) is 5.88. The van der Waals surface area contributed by atoms with Crippen LogP contribution in [0.4, 0.5) is 5.69 Å². The van der Waals surface area contributed by atoms with Gasteiger partial charge in [-0.3, -0.25) is 4.79 Å². The summed E-state index contributed by atoms with van der Waals surface area (Å²) in [7, 11) is 1.56. The van der Waals surface area contributed by atoms with Crippen LogP contribution in [0.2, 0.25) is 0 Å². The second-order valence-corrected chi connectivity index (χ2v) is 7.05. The van der Waals surface area contributed by atoms with Crippen LogP contribution in [-0.4, -0.2) is 13.0 Å². The van der Waals surface area contributed by atoms with E-state index < -0.39 is 5.63 Å². The molecule has 5 nitrogen and oxygen atoms in total. The van der Waals surface area contributed by atoms with Crippen molar-refractivity contribution < 1.29 is 13.9 Å². The van der Waals surface area contributed by atoms with Crippen LogP contribution < -0.4 is 15.7 Å². The minimum Gasteiger partial charge on any atom is -0.497 e. The van der Waals surface area contributed by atoms with Crippen molar-refractivity contribution in [3.05, 3.63) is 67.6 Å². The molecule has 0 bridgehead atoms. The van der Waals surface area contributed by atoms with E-state index in [1.807, 2.05) is 43.3 Å². The highest BCUT2D eigenvalue weighted by Gasteiger charge is 2.14. The molecule has 0 saturated carbocycles. The van der Waals surface area contributed by atoms with Crippen molar-refractivity contribution in [3.63, 3.8) is 0 Å².